The van der Waals surface area contributed by atoms with Crippen molar-refractivity contribution in [2.45, 2.75) is 39.5 Å². The van der Waals surface area contributed by atoms with Gasteiger partial charge in [-0.05, 0) is 64.5 Å². The number of piperidine rings is 1. The van der Waals surface area contributed by atoms with E-state index < -0.39 is 0 Å². The standard InChI is InChI=1S/C23H25FN6/c1-4-29-7-5-16(6-8-29)20-11-18-19(24)9-17(10-21(18)28-27-20)22-13-30-12-14(2)25-15(3)23(30)26-22/h9-13,16H,4-8H2,1-3H3. The molecule has 0 atom stereocenters. The molecule has 0 amide bonds. The van der Waals surface area contributed by atoms with Gasteiger partial charge in [-0.25, -0.2) is 9.37 Å². The molecule has 1 fully saturated rings. The Balaban J connectivity index is 1.51. The van der Waals surface area contributed by atoms with Crippen LogP contribution in [0.5, 0.6) is 0 Å². The fourth-order valence-electron chi connectivity index (χ4n) is 4.45. The zero-order valence-electron chi connectivity index (χ0n) is 17.6. The van der Waals surface area contributed by atoms with E-state index in [1.165, 1.54) is 0 Å². The normalized spacial score (nSPS) is 16.0. The number of aromatic nitrogens is 5. The van der Waals surface area contributed by atoms with Crippen molar-refractivity contribution in [1.82, 2.24) is 29.5 Å². The number of hydrogen-bond acceptors (Lipinski definition) is 5. The van der Waals surface area contributed by atoms with Crippen molar-refractivity contribution in [2.24, 2.45) is 0 Å². The molecule has 30 heavy (non-hydrogen) atoms. The molecule has 1 aliphatic heterocycles. The number of benzene rings is 1. The summed E-state index contributed by atoms with van der Waals surface area (Å²) in [6.45, 7) is 9.25. The lowest BCUT2D eigenvalue weighted by Crippen LogP contribution is -2.32. The lowest BCUT2D eigenvalue weighted by atomic mass is 9.92. The van der Waals surface area contributed by atoms with E-state index in [9.17, 15) is 0 Å². The first-order valence-corrected chi connectivity index (χ1v) is 10.5. The van der Waals surface area contributed by atoms with Gasteiger partial charge in [-0.1, -0.05) is 6.92 Å². The first-order chi connectivity index (χ1) is 14.5. The summed E-state index contributed by atoms with van der Waals surface area (Å²) in [6, 6.07) is 5.30. The molecule has 1 saturated heterocycles. The number of rotatable bonds is 3. The molecule has 4 aromatic rings. The number of imidazole rings is 1. The summed E-state index contributed by atoms with van der Waals surface area (Å²) in [5, 5.41) is 9.36. The van der Waals surface area contributed by atoms with Crippen LogP contribution in [0.25, 0.3) is 27.8 Å². The highest BCUT2D eigenvalue weighted by molar-refractivity contribution is 5.84. The molecule has 154 valence electrons. The van der Waals surface area contributed by atoms with Crippen LogP contribution >= 0.6 is 0 Å². The van der Waals surface area contributed by atoms with Gasteiger partial charge in [0, 0.05) is 29.3 Å². The molecule has 4 heterocycles. The zero-order chi connectivity index (χ0) is 20.8. The van der Waals surface area contributed by atoms with Gasteiger partial charge < -0.3 is 9.30 Å². The van der Waals surface area contributed by atoms with Crippen LogP contribution in [0.4, 0.5) is 4.39 Å². The second-order valence-electron chi connectivity index (χ2n) is 8.19. The van der Waals surface area contributed by atoms with Gasteiger partial charge in [-0.15, -0.1) is 0 Å². The van der Waals surface area contributed by atoms with Crippen LogP contribution < -0.4 is 0 Å². The fourth-order valence-corrected chi connectivity index (χ4v) is 4.45. The summed E-state index contributed by atoms with van der Waals surface area (Å²) in [5.74, 6) is 0.0636. The summed E-state index contributed by atoms with van der Waals surface area (Å²) in [6.07, 6.45) is 5.91. The Labute approximate surface area is 174 Å². The number of fused-ring (bicyclic) bond motifs is 2. The molecule has 5 rings (SSSR count). The zero-order valence-corrected chi connectivity index (χ0v) is 17.6. The van der Waals surface area contributed by atoms with Gasteiger partial charge in [0.1, 0.15) is 5.82 Å². The Hall–Kier alpha value is -2.93. The molecule has 6 nitrogen and oxygen atoms in total. The Morgan fingerprint density at radius 2 is 1.83 bits per heavy atom. The highest BCUT2D eigenvalue weighted by Gasteiger charge is 2.22. The predicted molar refractivity (Wildman–Crippen MR) is 115 cm³/mol. The molecule has 0 aliphatic carbocycles. The van der Waals surface area contributed by atoms with Crippen molar-refractivity contribution >= 4 is 16.6 Å². The van der Waals surface area contributed by atoms with Gasteiger partial charge in [-0.2, -0.15) is 10.2 Å². The van der Waals surface area contributed by atoms with Crippen molar-refractivity contribution in [2.75, 3.05) is 19.6 Å². The van der Waals surface area contributed by atoms with Crippen molar-refractivity contribution in [3.05, 3.63) is 53.5 Å². The molecule has 0 radical (unpaired) electrons. The van der Waals surface area contributed by atoms with Crippen molar-refractivity contribution in [1.29, 1.82) is 0 Å². The third-order valence-electron chi connectivity index (χ3n) is 6.15. The Bertz CT molecular complexity index is 1240. The van der Waals surface area contributed by atoms with Crippen LogP contribution in [0.1, 0.15) is 42.8 Å². The first kappa shape index (κ1) is 19.1. The Morgan fingerprint density at radius 3 is 2.60 bits per heavy atom. The number of aryl methyl sites for hydroxylation is 2. The van der Waals surface area contributed by atoms with Crippen LogP contribution in [0.15, 0.2) is 30.6 Å². The van der Waals surface area contributed by atoms with E-state index in [0.29, 0.717) is 28.1 Å². The summed E-state index contributed by atoms with van der Waals surface area (Å²) in [5.41, 5.74) is 5.38. The molecule has 0 unspecified atom stereocenters. The smallest absolute Gasteiger partial charge is 0.158 e. The lowest BCUT2D eigenvalue weighted by molar-refractivity contribution is 0.220. The summed E-state index contributed by atoms with van der Waals surface area (Å²) >= 11 is 0. The number of nitrogens with zero attached hydrogens (tertiary/aromatic N) is 6. The average molecular weight is 404 g/mol. The quantitative estimate of drug-likeness (QED) is 0.510. The summed E-state index contributed by atoms with van der Waals surface area (Å²) in [4.78, 5) is 11.6. The Morgan fingerprint density at radius 1 is 1.03 bits per heavy atom. The van der Waals surface area contributed by atoms with E-state index in [4.69, 9.17) is 0 Å². The summed E-state index contributed by atoms with van der Waals surface area (Å²) in [7, 11) is 0. The van der Waals surface area contributed by atoms with Crippen LogP contribution in [0.2, 0.25) is 0 Å². The molecule has 0 saturated carbocycles. The monoisotopic (exact) mass is 404 g/mol. The Kier molecular flexibility index (Phi) is 4.70. The van der Waals surface area contributed by atoms with Gasteiger partial charge in [0.05, 0.1) is 28.3 Å². The van der Waals surface area contributed by atoms with E-state index >= 15 is 4.39 Å². The second kappa shape index (κ2) is 7.40. The van der Waals surface area contributed by atoms with E-state index in [2.05, 4.69) is 32.0 Å². The topological polar surface area (TPSA) is 59.2 Å². The summed E-state index contributed by atoms with van der Waals surface area (Å²) < 4.78 is 17.0. The maximum Gasteiger partial charge on any atom is 0.158 e. The maximum absolute atomic E-state index is 15.1. The van der Waals surface area contributed by atoms with Crippen molar-refractivity contribution in [3.63, 3.8) is 0 Å². The highest BCUT2D eigenvalue weighted by atomic mass is 19.1. The number of likely N-dealkylation sites (tertiary alicyclic amines) is 1. The predicted octanol–water partition coefficient (Wildman–Crippen LogP) is 4.29. The number of hydrogen-bond donors (Lipinski definition) is 0. The van der Waals surface area contributed by atoms with E-state index in [1.807, 2.05) is 42.8 Å². The van der Waals surface area contributed by atoms with Crippen LogP contribution in [-0.4, -0.2) is 49.1 Å². The second-order valence-corrected chi connectivity index (χ2v) is 8.19. The molecule has 3 aromatic heterocycles. The molecule has 0 spiro atoms. The molecule has 7 heteroatoms. The van der Waals surface area contributed by atoms with E-state index in [1.54, 1.807) is 6.07 Å². The van der Waals surface area contributed by atoms with Crippen LogP contribution in [0, 0.1) is 19.7 Å². The lowest BCUT2D eigenvalue weighted by Gasteiger charge is -2.30. The van der Waals surface area contributed by atoms with Gasteiger partial charge in [0.25, 0.3) is 0 Å². The largest absolute Gasteiger partial charge is 0.304 e. The van der Waals surface area contributed by atoms with Gasteiger partial charge in [0.2, 0.25) is 0 Å². The molecule has 0 bridgehead atoms. The fraction of sp³-hybridized carbons (Fsp3) is 0.391. The maximum atomic E-state index is 15.1. The van der Waals surface area contributed by atoms with E-state index in [-0.39, 0.29) is 5.82 Å². The third-order valence-corrected chi connectivity index (χ3v) is 6.15. The minimum Gasteiger partial charge on any atom is -0.304 e. The van der Waals surface area contributed by atoms with Crippen LogP contribution in [0.3, 0.4) is 0 Å². The molecule has 1 aliphatic rings. The molecule has 1 aromatic carbocycles. The van der Waals surface area contributed by atoms with Gasteiger partial charge in [-0.3, -0.25) is 4.98 Å². The highest BCUT2D eigenvalue weighted by Crippen LogP contribution is 2.31. The van der Waals surface area contributed by atoms with E-state index in [0.717, 1.165) is 55.2 Å². The average Bonchev–Trinajstić information content (AvgIpc) is 3.18. The minimum absolute atomic E-state index is 0.285. The van der Waals surface area contributed by atoms with Crippen molar-refractivity contribution in [3.8, 4) is 11.3 Å². The molecule has 0 N–H and O–H groups in total. The molecular weight excluding hydrogens is 379 g/mol. The minimum atomic E-state index is -0.285. The first-order valence-electron chi connectivity index (χ1n) is 10.5. The van der Waals surface area contributed by atoms with Gasteiger partial charge >= 0.3 is 0 Å². The molecular formula is C23H25FN6. The van der Waals surface area contributed by atoms with Crippen LogP contribution in [-0.2, 0) is 0 Å². The van der Waals surface area contributed by atoms with Gasteiger partial charge in [0.15, 0.2) is 5.65 Å². The third kappa shape index (κ3) is 3.33. The SMILES string of the molecule is CCN1CCC(c2cc3c(F)cc(-c4cn5cc(C)nc(C)c5n4)cc3nn2)CC1. The number of halogens is 1. The van der Waals surface area contributed by atoms with Crippen molar-refractivity contribution < 1.29 is 4.39 Å².